The van der Waals surface area contributed by atoms with E-state index in [1.807, 2.05) is 0 Å². The van der Waals surface area contributed by atoms with Crippen LogP contribution < -0.4 is 5.32 Å². The Labute approximate surface area is 125 Å². The van der Waals surface area contributed by atoms with E-state index in [4.69, 9.17) is 11.6 Å². The standard InChI is InChI=1S/C13H12ClN3O2S/c14-8-3-1-2-4-9(8)16-11(18)7-10-12(19)17-6-5-15-13(17)20-10/h1-4,10H,5-7H2,(H,16,18)/t10-/m0/s1. The quantitative estimate of drug-likeness (QED) is 0.928. The van der Waals surface area contributed by atoms with Gasteiger partial charge in [0.2, 0.25) is 11.8 Å². The molecule has 2 heterocycles. The number of rotatable bonds is 3. The van der Waals surface area contributed by atoms with Gasteiger partial charge in [-0.1, -0.05) is 35.5 Å². The molecule has 1 fully saturated rings. The highest BCUT2D eigenvalue weighted by atomic mass is 35.5. The molecule has 1 N–H and O–H groups in total. The zero-order valence-electron chi connectivity index (χ0n) is 10.5. The maximum Gasteiger partial charge on any atom is 0.242 e. The van der Waals surface area contributed by atoms with Crippen molar-refractivity contribution in [3.8, 4) is 0 Å². The van der Waals surface area contributed by atoms with Crippen LogP contribution in [0, 0.1) is 0 Å². The summed E-state index contributed by atoms with van der Waals surface area (Å²) < 4.78 is 0. The monoisotopic (exact) mass is 309 g/mol. The Kier molecular flexibility index (Phi) is 3.67. The third-order valence-electron chi connectivity index (χ3n) is 3.11. The number of benzene rings is 1. The molecule has 0 radical (unpaired) electrons. The molecule has 0 aromatic heterocycles. The molecule has 20 heavy (non-hydrogen) atoms. The number of para-hydroxylation sites is 1. The van der Waals surface area contributed by atoms with Gasteiger partial charge >= 0.3 is 0 Å². The molecule has 0 saturated carbocycles. The Hall–Kier alpha value is -1.53. The van der Waals surface area contributed by atoms with Crippen molar-refractivity contribution in [2.24, 2.45) is 4.99 Å². The Morgan fingerprint density at radius 3 is 3.05 bits per heavy atom. The number of thioether (sulfide) groups is 1. The van der Waals surface area contributed by atoms with E-state index in [1.165, 1.54) is 11.8 Å². The number of amidine groups is 1. The fraction of sp³-hybridized carbons (Fsp3) is 0.308. The average Bonchev–Trinajstić information content (AvgIpc) is 2.97. The molecule has 3 rings (SSSR count). The summed E-state index contributed by atoms with van der Waals surface area (Å²) in [6.07, 6.45) is 0.129. The van der Waals surface area contributed by atoms with Gasteiger partial charge in [0.25, 0.3) is 0 Å². The van der Waals surface area contributed by atoms with Gasteiger partial charge in [0.15, 0.2) is 5.17 Å². The molecule has 2 aliphatic heterocycles. The fourth-order valence-electron chi connectivity index (χ4n) is 2.14. The van der Waals surface area contributed by atoms with Crippen LogP contribution in [0.2, 0.25) is 5.02 Å². The van der Waals surface area contributed by atoms with E-state index >= 15 is 0 Å². The van der Waals surface area contributed by atoms with E-state index in [1.54, 1.807) is 29.2 Å². The second-order valence-electron chi connectivity index (χ2n) is 4.49. The first-order valence-corrected chi connectivity index (χ1v) is 7.48. The zero-order chi connectivity index (χ0) is 14.1. The van der Waals surface area contributed by atoms with Gasteiger partial charge < -0.3 is 5.32 Å². The SMILES string of the molecule is O=C(C[C@@H]1SC2=NCCN2C1=O)Nc1ccccc1Cl. The normalized spacial score (nSPS) is 20.9. The van der Waals surface area contributed by atoms with E-state index in [9.17, 15) is 9.59 Å². The fourth-order valence-corrected chi connectivity index (χ4v) is 3.52. The van der Waals surface area contributed by atoms with Gasteiger partial charge in [0.05, 0.1) is 17.3 Å². The highest BCUT2D eigenvalue weighted by molar-refractivity contribution is 8.15. The van der Waals surface area contributed by atoms with E-state index in [-0.39, 0.29) is 23.5 Å². The second-order valence-corrected chi connectivity index (χ2v) is 6.07. The van der Waals surface area contributed by atoms with Crippen LogP contribution in [0.25, 0.3) is 0 Å². The van der Waals surface area contributed by atoms with Crippen molar-refractivity contribution in [3.05, 3.63) is 29.3 Å². The first kappa shape index (κ1) is 13.5. The van der Waals surface area contributed by atoms with Gasteiger partial charge in [-0.3, -0.25) is 19.5 Å². The van der Waals surface area contributed by atoms with Gasteiger partial charge in [-0.2, -0.15) is 0 Å². The van der Waals surface area contributed by atoms with Crippen LogP contribution in [0.4, 0.5) is 5.69 Å². The number of hydrogen-bond donors (Lipinski definition) is 1. The molecule has 0 unspecified atom stereocenters. The molecule has 1 saturated heterocycles. The first-order valence-electron chi connectivity index (χ1n) is 6.22. The Balaban J connectivity index is 1.63. The minimum atomic E-state index is -0.378. The Bertz CT molecular complexity index is 605. The number of carbonyl (C=O) groups is 2. The van der Waals surface area contributed by atoms with Crippen LogP contribution in [0.5, 0.6) is 0 Å². The highest BCUT2D eigenvalue weighted by Crippen LogP contribution is 2.32. The van der Waals surface area contributed by atoms with Crippen LogP contribution in [0.1, 0.15) is 6.42 Å². The molecule has 0 aliphatic carbocycles. The summed E-state index contributed by atoms with van der Waals surface area (Å²) in [6, 6.07) is 7.02. The van der Waals surface area contributed by atoms with Crippen molar-refractivity contribution in [1.82, 2.24) is 4.90 Å². The molecule has 5 nitrogen and oxygen atoms in total. The summed E-state index contributed by atoms with van der Waals surface area (Å²) in [7, 11) is 0. The lowest BCUT2D eigenvalue weighted by atomic mass is 10.2. The molecule has 1 aromatic rings. The largest absolute Gasteiger partial charge is 0.325 e. The minimum absolute atomic E-state index is 0.0273. The van der Waals surface area contributed by atoms with Gasteiger partial charge in [0, 0.05) is 13.0 Å². The van der Waals surface area contributed by atoms with Crippen molar-refractivity contribution >= 4 is 46.0 Å². The number of aliphatic imine (C=N–C) groups is 1. The number of halogens is 1. The van der Waals surface area contributed by atoms with Crippen LogP contribution >= 0.6 is 23.4 Å². The predicted molar refractivity (Wildman–Crippen MR) is 80.1 cm³/mol. The van der Waals surface area contributed by atoms with Crippen molar-refractivity contribution < 1.29 is 9.59 Å². The van der Waals surface area contributed by atoms with Crippen LogP contribution in [-0.2, 0) is 9.59 Å². The topological polar surface area (TPSA) is 61.8 Å². The van der Waals surface area contributed by atoms with E-state index in [0.29, 0.717) is 23.8 Å². The van der Waals surface area contributed by atoms with Crippen molar-refractivity contribution in [2.45, 2.75) is 11.7 Å². The first-order chi connectivity index (χ1) is 9.65. The molecule has 2 amide bonds. The Morgan fingerprint density at radius 1 is 1.50 bits per heavy atom. The summed E-state index contributed by atoms with van der Waals surface area (Å²) >= 11 is 7.34. The number of fused-ring (bicyclic) bond motifs is 1. The summed E-state index contributed by atoms with van der Waals surface area (Å²) in [6.45, 7) is 1.29. The molecule has 0 spiro atoms. The highest BCUT2D eigenvalue weighted by Gasteiger charge is 2.40. The van der Waals surface area contributed by atoms with Crippen LogP contribution in [0.3, 0.4) is 0 Å². The van der Waals surface area contributed by atoms with Gasteiger partial charge in [-0.15, -0.1) is 0 Å². The lowest BCUT2D eigenvalue weighted by Crippen LogP contribution is -2.32. The van der Waals surface area contributed by atoms with Crippen LogP contribution in [0.15, 0.2) is 29.3 Å². The number of anilines is 1. The number of nitrogens with zero attached hydrogens (tertiary/aromatic N) is 2. The molecule has 1 aromatic carbocycles. The lowest BCUT2D eigenvalue weighted by Gasteiger charge is -2.11. The molecule has 104 valence electrons. The summed E-state index contributed by atoms with van der Waals surface area (Å²) in [4.78, 5) is 29.9. The lowest BCUT2D eigenvalue weighted by molar-refractivity contribution is -0.127. The van der Waals surface area contributed by atoms with E-state index in [2.05, 4.69) is 10.3 Å². The van der Waals surface area contributed by atoms with Gasteiger partial charge in [-0.25, -0.2) is 0 Å². The summed E-state index contributed by atoms with van der Waals surface area (Å²) in [5, 5.41) is 3.57. The van der Waals surface area contributed by atoms with Crippen LogP contribution in [-0.4, -0.2) is 40.2 Å². The minimum Gasteiger partial charge on any atom is -0.325 e. The molecule has 1 atom stereocenters. The van der Waals surface area contributed by atoms with E-state index < -0.39 is 0 Å². The number of hydrogen-bond acceptors (Lipinski definition) is 4. The van der Waals surface area contributed by atoms with Gasteiger partial charge in [-0.05, 0) is 12.1 Å². The molecule has 0 bridgehead atoms. The smallest absolute Gasteiger partial charge is 0.242 e. The molecule has 7 heteroatoms. The number of amides is 2. The summed E-state index contributed by atoms with van der Waals surface area (Å²) in [5.41, 5.74) is 0.562. The third-order valence-corrected chi connectivity index (χ3v) is 4.65. The molecular weight excluding hydrogens is 298 g/mol. The predicted octanol–water partition coefficient (Wildman–Crippen LogP) is 1.98. The maximum atomic E-state index is 12.1. The Morgan fingerprint density at radius 2 is 2.30 bits per heavy atom. The van der Waals surface area contributed by atoms with Crippen molar-refractivity contribution in [2.75, 3.05) is 18.4 Å². The van der Waals surface area contributed by atoms with Crippen molar-refractivity contribution in [3.63, 3.8) is 0 Å². The maximum absolute atomic E-state index is 12.1. The summed E-state index contributed by atoms with van der Waals surface area (Å²) in [5.74, 6) is -0.244. The number of carbonyl (C=O) groups excluding carboxylic acids is 2. The third kappa shape index (κ3) is 2.53. The van der Waals surface area contributed by atoms with Gasteiger partial charge in [0.1, 0.15) is 5.25 Å². The van der Waals surface area contributed by atoms with Crippen molar-refractivity contribution in [1.29, 1.82) is 0 Å². The molecular formula is C13H12ClN3O2S. The second kappa shape index (κ2) is 5.46. The van der Waals surface area contributed by atoms with E-state index in [0.717, 1.165) is 5.17 Å². The molecule has 2 aliphatic rings. The zero-order valence-corrected chi connectivity index (χ0v) is 12.1. The number of nitrogens with one attached hydrogen (secondary N) is 1. The average molecular weight is 310 g/mol.